The van der Waals surface area contributed by atoms with E-state index in [0.29, 0.717) is 6.54 Å². The molecule has 0 spiro atoms. The van der Waals surface area contributed by atoms with E-state index in [-0.39, 0.29) is 11.8 Å². The molecular formula is C14H18N2O2. The number of rotatable bonds is 5. The number of amides is 1. The molecule has 0 heterocycles. The lowest BCUT2D eigenvalue weighted by molar-refractivity contribution is -0.124. The molecule has 0 aliphatic carbocycles. The Morgan fingerprint density at radius 2 is 2.00 bits per heavy atom. The van der Waals surface area contributed by atoms with Gasteiger partial charge >= 0.3 is 0 Å². The maximum atomic E-state index is 11.8. The quantitative estimate of drug-likeness (QED) is 0.865. The Bertz CT molecular complexity index is 432. The number of nitriles is 1. The minimum absolute atomic E-state index is 0.0193. The molecule has 1 N–H and O–H groups in total. The third-order valence-electron chi connectivity index (χ3n) is 2.71. The lowest BCUT2D eigenvalue weighted by Gasteiger charge is -2.13. The van der Waals surface area contributed by atoms with Crippen LogP contribution in [0, 0.1) is 23.2 Å². The maximum absolute atomic E-state index is 11.8. The van der Waals surface area contributed by atoms with Crippen molar-refractivity contribution < 1.29 is 9.53 Å². The van der Waals surface area contributed by atoms with Crippen LogP contribution in [-0.2, 0) is 11.3 Å². The van der Waals surface area contributed by atoms with Gasteiger partial charge in [0.05, 0.1) is 13.2 Å². The molecule has 1 unspecified atom stereocenters. The Balaban J connectivity index is 2.54. The standard InChI is InChI=1S/C14H18N2O2/c1-10(2)13(8-15)14(17)16-9-11-4-6-12(18-3)7-5-11/h4-7,10,13H,9H2,1-3H3,(H,16,17). The van der Waals surface area contributed by atoms with Crippen molar-refractivity contribution in [2.75, 3.05) is 7.11 Å². The fourth-order valence-corrected chi connectivity index (χ4v) is 1.55. The summed E-state index contributed by atoms with van der Waals surface area (Å²) >= 11 is 0. The van der Waals surface area contributed by atoms with E-state index in [2.05, 4.69) is 5.32 Å². The van der Waals surface area contributed by atoms with E-state index in [4.69, 9.17) is 10.00 Å². The molecule has 0 fully saturated rings. The van der Waals surface area contributed by atoms with Crippen LogP contribution in [0.1, 0.15) is 19.4 Å². The van der Waals surface area contributed by atoms with Gasteiger partial charge in [-0.1, -0.05) is 26.0 Å². The van der Waals surface area contributed by atoms with Gasteiger partial charge in [0.1, 0.15) is 11.7 Å². The normalized spacial score (nSPS) is 11.7. The molecule has 0 aliphatic rings. The van der Waals surface area contributed by atoms with Gasteiger partial charge in [-0.3, -0.25) is 4.79 Å². The third-order valence-corrected chi connectivity index (χ3v) is 2.71. The van der Waals surface area contributed by atoms with Gasteiger partial charge in [0.15, 0.2) is 0 Å². The summed E-state index contributed by atoms with van der Waals surface area (Å²) in [5, 5.41) is 11.7. The van der Waals surface area contributed by atoms with Crippen LogP contribution in [0.4, 0.5) is 0 Å². The highest BCUT2D eigenvalue weighted by atomic mass is 16.5. The van der Waals surface area contributed by atoms with Crippen LogP contribution in [0.2, 0.25) is 0 Å². The first-order valence-electron chi connectivity index (χ1n) is 5.88. The van der Waals surface area contributed by atoms with Gasteiger partial charge < -0.3 is 10.1 Å². The van der Waals surface area contributed by atoms with E-state index >= 15 is 0 Å². The fraction of sp³-hybridized carbons (Fsp3) is 0.429. The molecule has 0 saturated carbocycles. The van der Waals surface area contributed by atoms with E-state index in [1.54, 1.807) is 7.11 Å². The van der Waals surface area contributed by atoms with Crippen molar-refractivity contribution in [1.82, 2.24) is 5.32 Å². The minimum Gasteiger partial charge on any atom is -0.497 e. The van der Waals surface area contributed by atoms with Crippen molar-refractivity contribution in [3.05, 3.63) is 29.8 Å². The van der Waals surface area contributed by atoms with Crippen molar-refractivity contribution in [2.45, 2.75) is 20.4 Å². The number of hydrogen-bond donors (Lipinski definition) is 1. The highest BCUT2D eigenvalue weighted by Crippen LogP contribution is 2.12. The molecule has 4 heteroatoms. The Morgan fingerprint density at radius 1 is 1.39 bits per heavy atom. The molecular weight excluding hydrogens is 228 g/mol. The summed E-state index contributed by atoms with van der Waals surface area (Å²) < 4.78 is 5.05. The predicted octanol–water partition coefficient (Wildman–Crippen LogP) is 2.11. The fourth-order valence-electron chi connectivity index (χ4n) is 1.55. The van der Waals surface area contributed by atoms with Gasteiger partial charge in [-0.05, 0) is 23.6 Å². The lowest BCUT2D eigenvalue weighted by Crippen LogP contribution is -2.32. The van der Waals surface area contributed by atoms with E-state index < -0.39 is 5.92 Å². The number of ether oxygens (including phenoxy) is 1. The van der Waals surface area contributed by atoms with Gasteiger partial charge in [-0.15, -0.1) is 0 Å². The number of benzene rings is 1. The Morgan fingerprint density at radius 3 is 2.44 bits per heavy atom. The molecule has 1 atom stereocenters. The topological polar surface area (TPSA) is 62.1 Å². The number of nitrogens with one attached hydrogen (secondary N) is 1. The second-order valence-electron chi connectivity index (χ2n) is 4.42. The first kappa shape index (κ1) is 14.0. The van der Waals surface area contributed by atoms with E-state index in [9.17, 15) is 4.79 Å². The molecule has 96 valence electrons. The summed E-state index contributed by atoms with van der Waals surface area (Å²) in [5.41, 5.74) is 0.976. The molecule has 1 rings (SSSR count). The molecule has 1 aromatic carbocycles. The first-order chi connectivity index (χ1) is 8.58. The largest absolute Gasteiger partial charge is 0.497 e. The van der Waals surface area contributed by atoms with Crippen LogP contribution in [-0.4, -0.2) is 13.0 Å². The van der Waals surface area contributed by atoms with Crippen LogP contribution >= 0.6 is 0 Å². The van der Waals surface area contributed by atoms with Gasteiger partial charge in [-0.2, -0.15) is 5.26 Å². The number of methoxy groups -OCH3 is 1. The zero-order chi connectivity index (χ0) is 13.5. The number of carbonyl (C=O) groups excluding carboxylic acids is 1. The summed E-state index contributed by atoms with van der Waals surface area (Å²) in [6.07, 6.45) is 0. The molecule has 0 aromatic heterocycles. The van der Waals surface area contributed by atoms with E-state index in [1.807, 2.05) is 44.2 Å². The molecule has 0 saturated heterocycles. The summed E-state index contributed by atoms with van der Waals surface area (Å²) in [6, 6.07) is 9.47. The van der Waals surface area contributed by atoms with Gasteiger partial charge in [0.2, 0.25) is 5.91 Å². The summed E-state index contributed by atoms with van der Waals surface area (Å²) in [4.78, 5) is 11.8. The van der Waals surface area contributed by atoms with Crippen LogP contribution < -0.4 is 10.1 Å². The average molecular weight is 246 g/mol. The van der Waals surface area contributed by atoms with Crippen LogP contribution in [0.5, 0.6) is 5.75 Å². The van der Waals surface area contributed by atoms with Crippen LogP contribution in [0.3, 0.4) is 0 Å². The predicted molar refractivity (Wildman–Crippen MR) is 68.8 cm³/mol. The molecule has 0 aliphatic heterocycles. The molecule has 1 amide bonds. The lowest BCUT2D eigenvalue weighted by atomic mass is 9.96. The van der Waals surface area contributed by atoms with E-state index in [0.717, 1.165) is 11.3 Å². The highest BCUT2D eigenvalue weighted by molar-refractivity contribution is 5.81. The molecule has 0 bridgehead atoms. The van der Waals surface area contributed by atoms with Crippen LogP contribution in [0.25, 0.3) is 0 Å². The Labute approximate surface area is 108 Å². The number of nitrogens with zero attached hydrogens (tertiary/aromatic N) is 1. The smallest absolute Gasteiger partial charge is 0.237 e. The second-order valence-corrected chi connectivity index (χ2v) is 4.42. The summed E-state index contributed by atoms with van der Waals surface area (Å²) in [7, 11) is 1.61. The van der Waals surface area contributed by atoms with E-state index in [1.165, 1.54) is 0 Å². The monoisotopic (exact) mass is 246 g/mol. The Hall–Kier alpha value is -2.02. The molecule has 0 radical (unpaired) electrons. The second kappa shape index (κ2) is 6.65. The molecule has 1 aromatic rings. The van der Waals surface area contributed by atoms with Crippen LogP contribution in [0.15, 0.2) is 24.3 Å². The van der Waals surface area contributed by atoms with Gasteiger partial charge in [0.25, 0.3) is 0 Å². The third kappa shape index (κ3) is 3.77. The Kier molecular flexibility index (Phi) is 5.19. The SMILES string of the molecule is COc1ccc(CNC(=O)C(C#N)C(C)C)cc1. The molecule has 18 heavy (non-hydrogen) atoms. The van der Waals surface area contributed by atoms with Crippen molar-refractivity contribution in [3.8, 4) is 11.8 Å². The minimum atomic E-state index is -0.594. The van der Waals surface area contributed by atoms with Crippen molar-refractivity contribution >= 4 is 5.91 Å². The summed E-state index contributed by atoms with van der Waals surface area (Å²) in [5.74, 6) is -0.0143. The average Bonchev–Trinajstić information content (AvgIpc) is 2.37. The molecule has 4 nitrogen and oxygen atoms in total. The van der Waals surface area contributed by atoms with Crippen molar-refractivity contribution in [3.63, 3.8) is 0 Å². The highest BCUT2D eigenvalue weighted by Gasteiger charge is 2.20. The number of hydrogen-bond acceptors (Lipinski definition) is 3. The van der Waals surface area contributed by atoms with Crippen molar-refractivity contribution in [1.29, 1.82) is 5.26 Å². The zero-order valence-electron chi connectivity index (χ0n) is 10.9. The zero-order valence-corrected chi connectivity index (χ0v) is 10.9. The first-order valence-corrected chi connectivity index (χ1v) is 5.88. The number of carbonyl (C=O) groups is 1. The summed E-state index contributed by atoms with van der Waals surface area (Å²) in [6.45, 7) is 4.15. The van der Waals surface area contributed by atoms with Crippen molar-refractivity contribution in [2.24, 2.45) is 11.8 Å². The van der Waals surface area contributed by atoms with Gasteiger partial charge in [0, 0.05) is 6.54 Å². The van der Waals surface area contributed by atoms with Gasteiger partial charge in [-0.25, -0.2) is 0 Å². The maximum Gasteiger partial charge on any atom is 0.237 e.